The molecule has 2 heterocycles. The molecular formula is C23H34N4O3. The monoisotopic (exact) mass is 414 g/mol. The number of benzene rings is 1. The molecule has 2 aliphatic heterocycles. The molecule has 0 spiro atoms. The van der Waals surface area contributed by atoms with Crippen molar-refractivity contribution < 1.29 is 14.3 Å². The van der Waals surface area contributed by atoms with Gasteiger partial charge in [0.25, 0.3) is 5.91 Å². The SMILES string of the molecule is CC1CCN(c2ccc(NC(=O)C3CC3)cc2C(=O)NCCN2CCOCC2)CC1. The maximum Gasteiger partial charge on any atom is 0.253 e. The summed E-state index contributed by atoms with van der Waals surface area (Å²) < 4.78 is 5.38. The van der Waals surface area contributed by atoms with Crippen molar-refractivity contribution in [3.05, 3.63) is 23.8 Å². The highest BCUT2D eigenvalue weighted by Crippen LogP contribution is 2.32. The van der Waals surface area contributed by atoms with E-state index in [9.17, 15) is 9.59 Å². The molecule has 164 valence electrons. The lowest BCUT2D eigenvalue weighted by molar-refractivity contribution is -0.117. The van der Waals surface area contributed by atoms with Crippen molar-refractivity contribution in [2.75, 3.05) is 62.7 Å². The van der Waals surface area contributed by atoms with E-state index in [1.807, 2.05) is 18.2 Å². The minimum absolute atomic E-state index is 0.0632. The Morgan fingerprint density at radius 1 is 1.07 bits per heavy atom. The number of piperidine rings is 1. The number of morpholine rings is 1. The van der Waals surface area contributed by atoms with Gasteiger partial charge in [0.1, 0.15) is 0 Å². The van der Waals surface area contributed by atoms with Crippen LogP contribution >= 0.6 is 0 Å². The third-order valence-corrected chi connectivity index (χ3v) is 6.40. The van der Waals surface area contributed by atoms with Gasteiger partial charge in [-0.15, -0.1) is 0 Å². The van der Waals surface area contributed by atoms with Gasteiger partial charge in [0, 0.05) is 56.6 Å². The molecule has 2 amide bonds. The molecule has 2 saturated heterocycles. The number of ether oxygens (including phenoxy) is 1. The molecule has 0 unspecified atom stereocenters. The first kappa shape index (κ1) is 21.1. The molecule has 4 rings (SSSR count). The van der Waals surface area contributed by atoms with Crippen molar-refractivity contribution in [2.24, 2.45) is 11.8 Å². The number of hydrogen-bond acceptors (Lipinski definition) is 5. The molecule has 30 heavy (non-hydrogen) atoms. The Bertz CT molecular complexity index is 751. The number of anilines is 2. The minimum atomic E-state index is -0.0700. The smallest absolute Gasteiger partial charge is 0.253 e. The Morgan fingerprint density at radius 3 is 2.50 bits per heavy atom. The molecule has 7 nitrogen and oxygen atoms in total. The van der Waals surface area contributed by atoms with Crippen LogP contribution in [0.4, 0.5) is 11.4 Å². The molecule has 1 aromatic rings. The number of carbonyl (C=O) groups excluding carboxylic acids is 2. The molecule has 0 bridgehead atoms. The number of amides is 2. The molecule has 1 aromatic carbocycles. The lowest BCUT2D eigenvalue weighted by Gasteiger charge is -2.33. The Labute approximate surface area is 179 Å². The zero-order chi connectivity index (χ0) is 20.9. The lowest BCUT2D eigenvalue weighted by Crippen LogP contribution is -2.41. The standard InChI is InChI=1S/C23H34N4O3/c1-17-6-9-27(10-7-17)21-5-4-19(25-22(28)18-2-3-18)16-20(21)23(29)24-8-11-26-12-14-30-15-13-26/h4-5,16-18H,2-3,6-15H2,1H3,(H,24,29)(H,25,28). The van der Waals surface area contributed by atoms with Crippen LogP contribution in [0, 0.1) is 11.8 Å². The van der Waals surface area contributed by atoms with Crippen molar-refractivity contribution in [2.45, 2.75) is 32.6 Å². The van der Waals surface area contributed by atoms with Crippen LogP contribution in [0.5, 0.6) is 0 Å². The molecule has 1 aliphatic carbocycles. The average Bonchev–Trinajstić information content (AvgIpc) is 3.61. The lowest BCUT2D eigenvalue weighted by atomic mass is 9.97. The maximum atomic E-state index is 13.1. The van der Waals surface area contributed by atoms with Crippen molar-refractivity contribution in [1.82, 2.24) is 10.2 Å². The highest BCUT2D eigenvalue weighted by atomic mass is 16.5. The largest absolute Gasteiger partial charge is 0.379 e. The molecule has 7 heteroatoms. The minimum Gasteiger partial charge on any atom is -0.379 e. The second-order valence-corrected chi connectivity index (χ2v) is 8.87. The Hall–Kier alpha value is -2.12. The van der Waals surface area contributed by atoms with Gasteiger partial charge in [-0.05, 0) is 49.8 Å². The van der Waals surface area contributed by atoms with Crippen molar-refractivity contribution >= 4 is 23.2 Å². The van der Waals surface area contributed by atoms with Crippen LogP contribution in [0.1, 0.15) is 43.0 Å². The van der Waals surface area contributed by atoms with E-state index in [0.29, 0.717) is 17.8 Å². The van der Waals surface area contributed by atoms with Crippen molar-refractivity contribution in [1.29, 1.82) is 0 Å². The van der Waals surface area contributed by atoms with Crippen LogP contribution in [-0.4, -0.2) is 69.2 Å². The maximum absolute atomic E-state index is 13.1. The number of carbonyl (C=O) groups is 2. The van der Waals surface area contributed by atoms with Crippen LogP contribution in [-0.2, 0) is 9.53 Å². The van der Waals surface area contributed by atoms with Crippen molar-refractivity contribution in [3.63, 3.8) is 0 Å². The second-order valence-electron chi connectivity index (χ2n) is 8.87. The highest BCUT2D eigenvalue weighted by Gasteiger charge is 2.30. The second kappa shape index (κ2) is 9.79. The first-order valence-corrected chi connectivity index (χ1v) is 11.4. The third-order valence-electron chi connectivity index (χ3n) is 6.40. The Balaban J connectivity index is 1.44. The van der Waals surface area contributed by atoms with Crippen LogP contribution in [0.3, 0.4) is 0 Å². The van der Waals surface area contributed by atoms with Crippen molar-refractivity contribution in [3.8, 4) is 0 Å². The molecule has 3 fully saturated rings. The summed E-state index contributed by atoms with van der Waals surface area (Å²) in [5, 5.41) is 6.07. The third kappa shape index (κ3) is 5.52. The summed E-state index contributed by atoms with van der Waals surface area (Å²) in [7, 11) is 0. The summed E-state index contributed by atoms with van der Waals surface area (Å²) in [6.07, 6.45) is 4.20. The molecule has 0 atom stereocenters. The van der Waals surface area contributed by atoms with E-state index in [1.165, 1.54) is 0 Å². The van der Waals surface area contributed by atoms with Gasteiger partial charge in [-0.2, -0.15) is 0 Å². The van der Waals surface area contributed by atoms with Gasteiger partial charge < -0.3 is 20.3 Å². The van der Waals surface area contributed by atoms with E-state index in [0.717, 1.165) is 83.2 Å². The van der Waals surface area contributed by atoms with Gasteiger partial charge in [-0.1, -0.05) is 6.92 Å². The molecule has 1 saturated carbocycles. The molecule has 2 N–H and O–H groups in total. The fourth-order valence-corrected chi connectivity index (χ4v) is 4.16. The van der Waals surface area contributed by atoms with E-state index in [2.05, 4.69) is 27.4 Å². The summed E-state index contributed by atoms with van der Waals surface area (Å²) >= 11 is 0. The zero-order valence-corrected chi connectivity index (χ0v) is 18.0. The number of nitrogens with one attached hydrogen (secondary N) is 2. The van der Waals surface area contributed by atoms with Crippen LogP contribution in [0.2, 0.25) is 0 Å². The fraction of sp³-hybridized carbons (Fsp3) is 0.652. The Morgan fingerprint density at radius 2 is 1.80 bits per heavy atom. The molecule has 0 radical (unpaired) electrons. The summed E-state index contributed by atoms with van der Waals surface area (Å²) in [5.74, 6) is 0.857. The summed E-state index contributed by atoms with van der Waals surface area (Å²) in [5.41, 5.74) is 2.33. The summed E-state index contributed by atoms with van der Waals surface area (Å²) in [6.45, 7) is 8.98. The first-order valence-electron chi connectivity index (χ1n) is 11.4. The Kier molecular flexibility index (Phi) is 6.89. The summed E-state index contributed by atoms with van der Waals surface area (Å²) in [4.78, 5) is 29.9. The number of nitrogens with zero attached hydrogens (tertiary/aromatic N) is 2. The molecule has 0 aromatic heterocycles. The van der Waals surface area contributed by atoms with Gasteiger partial charge in [-0.25, -0.2) is 0 Å². The summed E-state index contributed by atoms with van der Waals surface area (Å²) in [6, 6.07) is 5.77. The van der Waals surface area contributed by atoms with Gasteiger partial charge in [-0.3, -0.25) is 14.5 Å². The normalized spacial score (nSPS) is 20.8. The molecule has 3 aliphatic rings. The van der Waals surface area contributed by atoms with Gasteiger partial charge in [0.2, 0.25) is 5.91 Å². The quantitative estimate of drug-likeness (QED) is 0.716. The first-order chi connectivity index (χ1) is 14.6. The van der Waals surface area contributed by atoms with Gasteiger partial charge in [0.15, 0.2) is 0 Å². The van der Waals surface area contributed by atoms with E-state index >= 15 is 0 Å². The van der Waals surface area contributed by atoms with E-state index < -0.39 is 0 Å². The van der Waals surface area contributed by atoms with Crippen LogP contribution in [0.15, 0.2) is 18.2 Å². The van der Waals surface area contributed by atoms with E-state index in [-0.39, 0.29) is 17.7 Å². The average molecular weight is 415 g/mol. The predicted molar refractivity (Wildman–Crippen MR) is 118 cm³/mol. The molecular weight excluding hydrogens is 380 g/mol. The van der Waals surface area contributed by atoms with Gasteiger partial charge >= 0.3 is 0 Å². The zero-order valence-electron chi connectivity index (χ0n) is 18.0. The highest BCUT2D eigenvalue weighted by molar-refractivity contribution is 6.02. The van der Waals surface area contributed by atoms with E-state index in [4.69, 9.17) is 4.74 Å². The van der Waals surface area contributed by atoms with E-state index in [1.54, 1.807) is 0 Å². The number of hydrogen-bond donors (Lipinski definition) is 2. The number of rotatable bonds is 7. The topological polar surface area (TPSA) is 73.9 Å². The van der Waals surface area contributed by atoms with Gasteiger partial charge in [0.05, 0.1) is 18.8 Å². The predicted octanol–water partition coefficient (Wildman–Crippen LogP) is 2.33. The van der Waals surface area contributed by atoms with Crippen LogP contribution < -0.4 is 15.5 Å². The van der Waals surface area contributed by atoms with Crippen LogP contribution in [0.25, 0.3) is 0 Å². The fourth-order valence-electron chi connectivity index (χ4n) is 4.16.